The molecule has 29 heavy (non-hydrogen) atoms. The maximum Gasteiger partial charge on any atom is 0.283 e. The molecular formula is C21H21FN6O. The highest BCUT2D eigenvalue weighted by atomic mass is 19.1. The Morgan fingerprint density at radius 2 is 1.72 bits per heavy atom. The molecule has 0 bridgehead atoms. The van der Waals surface area contributed by atoms with Gasteiger partial charge in [-0.05, 0) is 37.5 Å². The maximum atomic E-state index is 13.3. The average molecular weight is 392 g/mol. The van der Waals surface area contributed by atoms with Crippen molar-refractivity contribution in [2.24, 2.45) is 0 Å². The van der Waals surface area contributed by atoms with E-state index in [2.05, 4.69) is 20.3 Å². The van der Waals surface area contributed by atoms with Crippen LogP contribution in [-0.2, 0) is 0 Å². The fraction of sp³-hybridized carbons (Fsp3) is 0.381. The summed E-state index contributed by atoms with van der Waals surface area (Å²) in [5, 5.41) is 13.1. The molecule has 4 aromatic rings. The SMILES string of the molecule is Cc1nn2c(nnc3c(=O)n(C4CCCCCC4)cnc32)c1-c1ccc(F)cc1. The van der Waals surface area contributed by atoms with Gasteiger partial charge in [-0.15, -0.1) is 10.2 Å². The van der Waals surface area contributed by atoms with E-state index in [1.165, 1.54) is 25.0 Å². The fourth-order valence-electron chi connectivity index (χ4n) is 4.29. The molecule has 0 unspecified atom stereocenters. The van der Waals surface area contributed by atoms with Crippen molar-refractivity contribution >= 4 is 16.8 Å². The topological polar surface area (TPSA) is 78.0 Å². The highest BCUT2D eigenvalue weighted by Gasteiger charge is 2.21. The number of fused-ring (bicyclic) bond motifs is 3. The second-order valence-corrected chi connectivity index (χ2v) is 7.68. The molecule has 1 aromatic carbocycles. The Bertz CT molecular complexity index is 1250. The van der Waals surface area contributed by atoms with Crippen molar-refractivity contribution in [2.75, 3.05) is 0 Å². The molecule has 1 fully saturated rings. The standard InChI is InChI=1S/C21H21FN6O/c1-13-17(14-8-10-15(22)11-9-14)19-25-24-18-20(28(19)26-13)23-12-27(21(18)29)16-6-4-2-3-5-7-16/h8-12,16H,2-7H2,1H3. The number of halogens is 1. The molecule has 7 nitrogen and oxygen atoms in total. The van der Waals surface area contributed by atoms with Gasteiger partial charge in [0.05, 0.1) is 11.3 Å². The van der Waals surface area contributed by atoms with Crippen LogP contribution in [0.4, 0.5) is 4.39 Å². The van der Waals surface area contributed by atoms with E-state index in [4.69, 9.17) is 0 Å². The largest absolute Gasteiger partial charge is 0.294 e. The molecule has 0 N–H and O–H groups in total. The first-order valence-corrected chi connectivity index (χ1v) is 10.0. The third-order valence-electron chi connectivity index (χ3n) is 5.79. The number of aromatic nitrogens is 6. The Kier molecular flexibility index (Phi) is 4.34. The summed E-state index contributed by atoms with van der Waals surface area (Å²) in [6.45, 7) is 1.85. The number of hydrogen-bond acceptors (Lipinski definition) is 5. The van der Waals surface area contributed by atoms with Crippen molar-refractivity contribution in [2.45, 2.75) is 51.5 Å². The zero-order chi connectivity index (χ0) is 20.0. The van der Waals surface area contributed by atoms with Crippen molar-refractivity contribution in [1.82, 2.24) is 29.4 Å². The summed E-state index contributed by atoms with van der Waals surface area (Å²) < 4.78 is 16.6. The van der Waals surface area contributed by atoms with E-state index in [9.17, 15) is 9.18 Å². The van der Waals surface area contributed by atoms with Gasteiger partial charge in [-0.25, -0.2) is 9.37 Å². The van der Waals surface area contributed by atoms with Crippen molar-refractivity contribution in [3.63, 3.8) is 0 Å². The lowest BCUT2D eigenvalue weighted by Gasteiger charge is -2.17. The van der Waals surface area contributed by atoms with E-state index in [1.807, 2.05) is 6.92 Å². The molecule has 0 amide bonds. The first-order chi connectivity index (χ1) is 14.1. The quantitative estimate of drug-likeness (QED) is 0.484. The molecule has 0 radical (unpaired) electrons. The predicted molar refractivity (Wildman–Crippen MR) is 107 cm³/mol. The number of benzene rings is 1. The number of hydrogen-bond donors (Lipinski definition) is 0. The molecule has 8 heteroatoms. The van der Waals surface area contributed by atoms with Crippen molar-refractivity contribution in [3.8, 4) is 11.1 Å². The van der Waals surface area contributed by atoms with Gasteiger partial charge in [0.1, 0.15) is 12.1 Å². The van der Waals surface area contributed by atoms with Gasteiger partial charge in [-0.1, -0.05) is 37.8 Å². The van der Waals surface area contributed by atoms with E-state index in [-0.39, 0.29) is 22.9 Å². The van der Waals surface area contributed by atoms with Gasteiger partial charge in [0.2, 0.25) is 0 Å². The molecule has 5 rings (SSSR count). The van der Waals surface area contributed by atoms with E-state index < -0.39 is 0 Å². The van der Waals surface area contributed by atoms with Gasteiger partial charge in [0, 0.05) is 6.04 Å². The molecule has 1 saturated carbocycles. The minimum atomic E-state index is -0.305. The van der Waals surface area contributed by atoms with Crippen LogP contribution in [0.5, 0.6) is 0 Å². The van der Waals surface area contributed by atoms with Gasteiger partial charge in [-0.2, -0.15) is 9.61 Å². The molecule has 0 saturated heterocycles. The van der Waals surface area contributed by atoms with Gasteiger partial charge in [-0.3, -0.25) is 9.36 Å². The smallest absolute Gasteiger partial charge is 0.283 e. The second kappa shape index (κ2) is 7.02. The maximum absolute atomic E-state index is 13.3. The van der Waals surface area contributed by atoms with E-state index in [1.54, 1.807) is 27.5 Å². The summed E-state index contributed by atoms with van der Waals surface area (Å²) in [4.78, 5) is 17.7. The second-order valence-electron chi connectivity index (χ2n) is 7.68. The summed E-state index contributed by atoms with van der Waals surface area (Å²) in [7, 11) is 0. The summed E-state index contributed by atoms with van der Waals surface area (Å²) in [5.74, 6) is -0.305. The Morgan fingerprint density at radius 1 is 1.00 bits per heavy atom. The van der Waals surface area contributed by atoms with Crippen LogP contribution >= 0.6 is 0 Å². The monoisotopic (exact) mass is 392 g/mol. The van der Waals surface area contributed by atoms with E-state index in [0.717, 1.165) is 36.8 Å². The molecule has 0 atom stereocenters. The Morgan fingerprint density at radius 3 is 2.45 bits per heavy atom. The Balaban J connectivity index is 1.68. The van der Waals surface area contributed by atoms with Gasteiger partial charge in [0.15, 0.2) is 16.8 Å². The average Bonchev–Trinajstić information content (AvgIpc) is 2.89. The minimum Gasteiger partial charge on any atom is -0.294 e. The van der Waals surface area contributed by atoms with Crippen LogP contribution < -0.4 is 5.56 Å². The molecule has 0 spiro atoms. The van der Waals surface area contributed by atoms with Crippen molar-refractivity contribution in [1.29, 1.82) is 0 Å². The molecular weight excluding hydrogens is 371 g/mol. The van der Waals surface area contributed by atoms with Crippen molar-refractivity contribution < 1.29 is 4.39 Å². The minimum absolute atomic E-state index is 0.161. The summed E-state index contributed by atoms with van der Waals surface area (Å²) >= 11 is 0. The molecule has 148 valence electrons. The zero-order valence-corrected chi connectivity index (χ0v) is 16.2. The van der Waals surface area contributed by atoms with Crippen molar-refractivity contribution in [3.05, 3.63) is 52.5 Å². The number of aryl methyl sites for hydroxylation is 1. The first kappa shape index (κ1) is 17.9. The summed E-state index contributed by atoms with van der Waals surface area (Å²) in [6, 6.07) is 6.33. The molecule has 3 aromatic heterocycles. The summed E-state index contributed by atoms with van der Waals surface area (Å²) in [6.07, 6.45) is 8.27. The molecule has 3 heterocycles. The van der Waals surface area contributed by atoms with E-state index >= 15 is 0 Å². The highest BCUT2D eigenvalue weighted by Crippen LogP contribution is 2.29. The predicted octanol–water partition coefficient (Wildman–Crippen LogP) is 3.84. The Hall–Kier alpha value is -3.16. The number of rotatable bonds is 2. The third-order valence-corrected chi connectivity index (χ3v) is 5.79. The normalized spacial score (nSPS) is 15.8. The van der Waals surface area contributed by atoms with Gasteiger partial charge >= 0.3 is 0 Å². The first-order valence-electron chi connectivity index (χ1n) is 10.0. The lowest BCUT2D eigenvalue weighted by molar-refractivity contribution is 0.429. The third kappa shape index (κ3) is 2.99. The zero-order valence-electron chi connectivity index (χ0n) is 16.2. The lowest BCUT2D eigenvalue weighted by atomic mass is 10.1. The molecule has 1 aliphatic rings. The number of nitrogens with zero attached hydrogens (tertiary/aromatic N) is 6. The van der Waals surface area contributed by atoms with Crippen LogP contribution in [0.25, 0.3) is 27.9 Å². The van der Waals surface area contributed by atoms with E-state index in [0.29, 0.717) is 17.0 Å². The molecule has 1 aliphatic carbocycles. The van der Waals surface area contributed by atoms with Gasteiger partial charge in [0.25, 0.3) is 5.56 Å². The lowest BCUT2D eigenvalue weighted by Crippen LogP contribution is -2.26. The van der Waals surface area contributed by atoms with Crippen LogP contribution in [0.3, 0.4) is 0 Å². The van der Waals surface area contributed by atoms with Crippen LogP contribution in [0, 0.1) is 12.7 Å². The summed E-state index contributed by atoms with van der Waals surface area (Å²) in [5.41, 5.74) is 3.20. The van der Waals surface area contributed by atoms with Crippen LogP contribution in [0.15, 0.2) is 35.4 Å². The fourth-order valence-corrected chi connectivity index (χ4v) is 4.29. The van der Waals surface area contributed by atoms with Crippen LogP contribution in [0.1, 0.15) is 50.3 Å². The van der Waals surface area contributed by atoms with Gasteiger partial charge < -0.3 is 0 Å². The molecule has 0 aliphatic heterocycles. The Labute approximate surface area is 166 Å². The van der Waals surface area contributed by atoms with Crippen LogP contribution in [-0.4, -0.2) is 29.4 Å². The van der Waals surface area contributed by atoms with Crippen LogP contribution in [0.2, 0.25) is 0 Å². The highest BCUT2D eigenvalue weighted by molar-refractivity contribution is 5.83.